The second kappa shape index (κ2) is 9.45. The summed E-state index contributed by atoms with van der Waals surface area (Å²) in [6, 6.07) is 29.8. The molecule has 0 spiro atoms. The molecule has 1 fully saturated rings. The molecule has 1 aliphatic heterocycles. The maximum Gasteiger partial charge on any atom is 0.248 e. The third-order valence-corrected chi connectivity index (χ3v) is 10.2. The summed E-state index contributed by atoms with van der Waals surface area (Å²) in [7, 11) is 0. The maximum atomic E-state index is 14.5. The van der Waals surface area contributed by atoms with Crippen LogP contribution >= 0.6 is 34.8 Å². The fraction of sp³-hybridized carbons (Fsp3) is 0.182. The van der Waals surface area contributed by atoms with Gasteiger partial charge in [0.2, 0.25) is 17.7 Å². The van der Waals surface area contributed by atoms with E-state index in [1.165, 1.54) is 0 Å². The molecule has 3 amide bonds. The fourth-order valence-corrected chi connectivity index (χ4v) is 8.12. The summed E-state index contributed by atoms with van der Waals surface area (Å²) in [5.41, 5.74) is 4.15. The molecule has 1 heterocycles. The van der Waals surface area contributed by atoms with E-state index in [1.54, 1.807) is 24.3 Å². The van der Waals surface area contributed by atoms with Crippen molar-refractivity contribution in [3.63, 3.8) is 0 Å². The molecular formula is C33H23Cl3N2O3. The van der Waals surface area contributed by atoms with Gasteiger partial charge in [0.05, 0.1) is 11.8 Å². The van der Waals surface area contributed by atoms with Crippen LogP contribution in [0.15, 0.2) is 103 Å². The molecule has 2 bridgehead atoms. The van der Waals surface area contributed by atoms with Crippen molar-refractivity contribution in [1.29, 1.82) is 0 Å². The number of nitrogens with zero attached hydrogens (tertiary/aromatic N) is 1. The molecular weight excluding hydrogens is 579 g/mol. The van der Waals surface area contributed by atoms with Gasteiger partial charge in [0, 0.05) is 17.1 Å². The molecule has 3 aliphatic carbocycles. The van der Waals surface area contributed by atoms with Crippen LogP contribution in [0.5, 0.6) is 0 Å². The monoisotopic (exact) mass is 600 g/mol. The van der Waals surface area contributed by atoms with E-state index in [-0.39, 0.29) is 6.42 Å². The Morgan fingerprint density at radius 1 is 0.707 bits per heavy atom. The third kappa shape index (κ3) is 3.66. The fourth-order valence-electron chi connectivity index (χ4n) is 6.89. The zero-order valence-corrected chi connectivity index (χ0v) is 23.8. The molecule has 41 heavy (non-hydrogen) atoms. The van der Waals surface area contributed by atoms with E-state index in [0.717, 1.165) is 10.5 Å². The van der Waals surface area contributed by atoms with Crippen LogP contribution in [0.4, 0.5) is 5.69 Å². The number of hydrogen-bond donors (Lipinski definition) is 1. The van der Waals surface area contributed by atoms with E-state index in [4.69, 9.17) is 34.8 Å². The summed E-state index contributed by atoms with van der Waals surface area (Å²) in [4.78, 5) is 41.4. The predicted molar refractivity (Wildman–Crippen MR) is 159 cm³/mol. The van der Waals surface area contributed by atoms with Crippen molar-refractivity contribution in [2.24, 2.45) is 11.8 Å². The average molecular weight is 602 g/mol. The number of carbonyl (C=O) groups is 3. The second-order valence-corrected chi connectivity index (χ2v) is 12.3. The highest BCUT2D eigenvalue weighted by molar-refractivity contribution is 6.36. The van der Waals surface area contributed by atoms with E-state index in [9.17, 15) is 14.4 Å². The smallest absolute Gasteiger partial charge is 0.248 e. The van der Waals surface area contributed by atoms with Crippen LogP contribution in [-0.2, 0) is 30.6 Å². The van der Waals surface area contributed by atoms with Gasteiger partial charge in [-0.2, -0.15) is 0 Å². The minimum atomic E-state index is -1.32. The van der Waals surface area contributed by atoms with E-state index >= 15 is 0 Å². The van der Waals surface area contributed by atoms with Gasteiger partial charge < -0.3 is 5.32 Å². The minimum Gasteiger partial charge on any atom is -0.324 e. The average Bonchev–Trinajstić information content (AvgIpc) is 3.27. The Kier molecular flexibility index (Phi) is 6.06. The number of likely N-dealkylation sites (tertiary alicyclic amines) is 1. The molecule has 1 N–H and O–H groups in total. The van der Waals surface area contributed by atoms with E-state index in [0.29, 0.717) is 33.0 Å². The number of amides is 3. The largest absolute Gasteiger partial charge is 0.324 e. The van der Waals surface area contributed by atoms with Crippen molar-refractivity contribution >= 4 is 58.2 Å². The summed E-state index contributed by atoms with van der Waals surface area (Å²) in [5, 5.41) is 3.39. The molecule has 4 aromatic rings. The first-order chi connectivity index (χ1) is 19.8. The van der Waals surface area contributed by atoms with E-state index in [1.807, 2.05) is 78.9 Å². The Bertz CT molecular complexity index is 1600. The van der Waals surface area contributed by atoms with Crippen molar-refractivity contribution in [1.82, 2.24) is 4.90 Å². The van der Waals surface area contributed by atoms with Gasteiger partial charge in [-0.05, 0) is 52.1 Å². The molecule has 8 heteroatoms. The molecule has 8 rings (SSSR count). The van der Waals surface area contributed by atoms with Gasteiger partial charge in [-0.15, -0.1) is 23.2 Å². The number of alkyl halides is 2. The van der Waals surface area contributed by atoms with Crippen molar-refractivity contribution in [3.05, 3.63) is 136 Å². The topological polar surface area (TPSA) is 66.5 Å². The quantitative estimate of drug-likeness (QED) is 0.210. The van der Waals surface area contributed by atoms with Crippen LogP contribution in [0.1, 0.15) is 27.8 Å². The summed E-state index contributed by atoms with van der Waals surface area (Å²) >= 11 is 21.2. The van der Waals surface area contributed by atoms with Gasteiger partial charge in [-0.25, -0.2) is 0 Å². The van der Waals surface area contributed by atoms with Crippen molar-refractivity contribution in [3.8, 4) is 0 Å². The maximum absolute atomic E-state index is 14.5. The van der Waals surface area contributed by atoms with Crippen LogP contribution in [0, 0.1) is 11.8 Å². The number of imide groups is 1. The number of hydrogen-bond acceptors (Lipinski definition) is 3. The van der Waals surface area contributed by atoms with Gasteiger partial charge in [-0.3, -0.25) is 19.3 Å². The molecule has 0 saturated carbocycles. The molecule has 1 saturated heterocycles. The first-order valence-corrected chi connectivity index (χ1v) is 14.4. The highest BCUT2D eigenvalue weighted by atomic mass is 35.5. The van der Waals surface area contributed by atoms with Gasteiger partial charge in [-0.1, -0.05) is 90.5 Å². The third-order valence-electron chi connectivity index (χ3n) is 8.62. The molecule has 0 radical (unpaired) electrons. The normalized spacial score (nSPS) is 26.3. The highest BCUT2D eigenvalue weighted by Gasteiger charge is 2.73. The first-order valence-electron chi connectivity index (χ1n) is 13.3. The Hall–Kier alpha value is -3.64. The van der Waals surface area contributed by atoms with Crippen molar-refractivity contribution in [2.45, 2.75) is 22.2 Å². The molecule has 0 aromatic heterocycles. The standard InChI is InChI=1S/C33H23Cl3N2O3/c34-20-14-16-21(17-15-20)37-29(39)26(18-19-8-2-1-3-9-19)38-30(40)27-28(31(38)41)33(36)23-11-5-4-10-22(23)32(27,35)24-12-6-7-13-25(24)33/h1-17,26-28H,18H2,(H,37,39)/t26-,27-,28+,32?,33?/m1/s1. The first kappa shape index (κ1) is 26.3. The lowest BCUT2D eigenvalue weighted by Gasteiger charge is -2.54. The van der Waals surface area contributed by atoms with E-state index < -0.39 is 45.3 Å². The lowest BCUT2D eigenvalue weighted by molar-refractivity contribution is -0.146. The van der Waals surface area contributed by atoms with Crippen LogP contribution in [0.2, 0.25) is 5.02 Å². The van der Waals surface area contributed by atoms with Gasteiger partial charge >= 0.3 is 0 Å². The zero-order chi connectivity index (χ0) is 28.5. The van der Waals surface area contributed by atoms with Crippen LogP contribution < -0.4 is 5.32 Å². The van der Waals surface area contributed by atoms with Crippen molar-refractivity contribution < 1.29 is 14.4 Å². The molecule has 4 aromatic carbocycles. The van der Waals surface area contributed by atoms with Gasteiger partial charge in [0.15, 0.2) is 0 Å². The van der Waals surface area contributed by atoms with Crippen LogP contribution in [-0.4, -0.2) is 28.7 Å². The van der Waals surface area contributed by atoms with E-state index in [2.05, 4.69) is 5.32 Å². The number of rotatable bonds is 5. The van der Waals surface area contributed by atoms with Gasteiger partial charge in [0.1, 0.15) is 15.8 Å². The number of nitrogens with one attached hydrogen (secondary N) is 1. The molecule has 204 valence electrons. The summed E-state index contributed by atoms with van der Waals surface area (Å²) in [6.07, 6.45) is 0.127. The lowest BCUT2D eigenvalue weighted by atomic mass is 9.54. The predicted octanol–water partition coefficient (Wildman–Crippen LogP) is 6.48. The highest BCUT2D eigenvalue weighted by Crippen LogP contribution is 2.69. The molecule has 5 nitrogen and oxygen atoms in total. The minimum absolute atomic E-state index is 0.127. The van der Waals surface area contributed by atoms with Crippen LogP contribution in [0.3, 0.4) is 0 Å². The summed E-state index contributed by atoms with van der Waals surface area (Å²) < 4.78 is 0. The second-order valence-electron chi connectivity index (χ2n) is 10.7. The number of carbonyl (C=O) groups excluding carboxylic acids is 3. The van der Waals surface area contributed by atoms with Crippen molar-refractivity contribution in [2.75, 3.05) is 5.32 Å². The molecule has 0 unspecified atom stereocenters. The SMILES string of the molecule is O=C(Nc1ccc(Cl)cc1)[C@@H](Cc1ccccc1)N1C(=O)[C@@H]2[C@H](C1=O)C1(Cl)c3ccccc3C2(Cl)c2ccccc21. The summed E-state index contributed by atoms with van der Waals surface area (Å²) in [5.74, 6) is -3.47. The molecule has 3 atom stereocenters. The van der Waals surface area contributed by atoms with Crippen LogP contribution in [0.25, 0.3) is 0 Å². The number of halogens is 3. The number of anilines is 1. The number of benzene rings is 4. The Morgan fingerprint density at radius 2 is 1.15 bits per heavy atom. The summed E-state index contributed by atoms with van der Waals surface area (Å²) in [6.45, 7) is 0. The zero-order valence-electron chi connectivity index (χ0n) is 21.6. The van der Waals surface area contributed by atoms with Gasteiger partial charge in [0.25, 0.3) is 0 Å². The Morgan fingerprint density at radius 3 is 1.61 bits per heavy atom. The lowest BCUT2D eigenvalue weighted by Crippen LogP contribution is -2.57. The Balaban J connectivity index is 1.36. The molecule has 4 aliphatic rings. The Labute approximate surface area is 252 Å².